The van der Waals surface area contributed by atoms with Gasteiger partial charge in [-0.15, -0.1) is 21.5 Å². The minimum absolute atomic E-state index is 0.203. The van der Waals surface area contributed by atoms with Gasteiger partial charge in [-0.25, -0.2) is 0 Å². The summed E-state index contributed by atoms with van der Waals surface area (Å²) >= 11 is 1.66. The van der Waals surface area contributed by atoms with E-state index in [0.29, 0.717) is 18.1 Å². The van der Waals surface area contributed by atoms with Crippen LogP contribution in [0.1, 0.15) is 27.9 Å². The van der Waals surface area contributed by atoms with Crippen molar-refractivity contribution >= 4 is 23.1 Å². The van der Waals surface area contributed by atoms with Crippen LogP contribution in [-0.4, -0.2) is 23.2 Å². The van der Waals surface area contributed by atoms with Crippen LogP contribution in [-0.2, 0) is 13.0 Å². The molecule has 0 aliphatic rings. The molecule has 1 amide bonds. The summed E-state index contributed by atoms with van der Waals surface area (Å²) in [5, 5.41) is 15.5. The van der Waals surface area contributed by atoms with Gasteiger partial charge in [0, 0.05) is 11.9 Å². The first kappa shape index (κ1) is 13.5. The van der Waals surface area contributed by atoms with E-state index >= 15 is 0 Å². The SMILES string of the molecule is CCc1ccsc1CNC(=O)c1ccc(NC)nn1. The van der Waals surface area contributed by atoms with Crippen LogP contribution in [0.5, 0.6) is 0 Å². The van der Waals surface area contributed by atoms with Crippen LogP contribution in [0.4, 0.5) is 5.82 Å². The van der Waals surface area contributed by atoms with Gasteiger partial charge in [0.05, 0.1) is 6.54 Å². The lowest BCUT2D eigenvalue weighted by molar-refractivity contribution is 0.0945. The van der Waals surface area contributed by atoms with Crippen molar-refractivity contribution in [2.75, 3.05) is 12.4 Å². The van der Waals surface area contributed by atoms with Crippen LogP contribution < -0.4 is 10.6 Å². The maximum atomic E-state index is 11.9. The van der Waals surface area contributed by atoms with Crippen LogP contribution in [0.2, 0.25) is 0 Å². The number of carbonyl (C=O) groups is 1. The van der Waals surface area contributed by atoms with E-state index in [2.05, 4.69) is 33.8 Å². The maximum Gasteiger partial charge on any atom is 0.272 e. The Morgan fingerprint density at radius 2 is 2.16 bits per heavy atom. The Kier molecular flexibility index (Phi) is 4.46. The third-order valence-electron chi connectivity index (χ3n) is 2.78. The first-order valence-corrected chi connectivity index (χ1v) is 6.97. The van der Waals surface area contributed by atoms with Crippen LogP contribution in [0.15, 0.2) is 23.6 Å². The Morgan fingerprint density at radius 1 is 1.32 bits per heavy atom. The number of aromatic nitrogens is 2. The summed E-state index contributed by atoms with van der Waals surface area (Å²) in [6.45, 7) is 2.64. The van der Waals surface area contributed by atoms with Crippen LogP contribution in [0.25, 0.3) is 0 Å². The van der Waals surface area contributed by atoms with Crippen LogP contribution >= 0.6 is 11.3 Å². The molecule has 0 bridgehead atoms. The number of amides is 1. The van der Waals surface area contributed by atoms with Crippen molar-refractivity contribution in [2.45, 2.75) is 19.9 Å². The number of carbonyl (C=O) groups excluding carboxylic acids is 1. The van der Waals surface area contributed by atoms with Gasteiger partial charge >= 0.3 is 0 Å². The molecule has 2 aromatic rings. The summed E-state index contributed by atoms with van der Waals surface area (Å²) in [6, 6.07) is 5.47. The summed E-state index contributed by atoms with van der Waals surface area (Å²) in [4.78, 5) is 13.1. The Morgan fingerprint density at radius 3 is 2.79 bits per heavy atom. The number of thiophene rings is 1. The minimum atomic E-state index is -0.203. The summed E-state index contributed by atoms with van der Waals surface area (Å²) in [5.41, 5.74) is 1.61. The third-order valence-corrected chi connectivity index (χ3v) is 3.74. The first-order valence-electron chi connectivity index (χ1n) is 6.09. The lowest BCUT2D eigenvalue weighted by atomic mass is 10.2. The topological polar surface area (TPSA) is 66.9 Å². The molecule has 100 valence electrons. The maximum absolute atomic E-state index is 11.9. The standard InChI is InChI=1S/C13H16N4OS/c1-3-9-6-7-19-11(9)8-15-13(18)10-4-5-12(14-2)17-16-10/h4-7H,3,8H2,1-2H3,(H,14,17)(H,15,18). The van der Waals surface area contributed by atoms with Crippen LogP contribution in [0.3, 0.4) is 0 Å². The zero-order valence-electron chi connectivity index (χ0n) is 10.9. The van der Waals surface area contributed by atoms with E-state index in [4.69, 9.17) is 0 Å². The Labute approximate surface area is 116 Å². The van der Waals surface area contributed by atoms with E-state index in [-0.39, 0.29) is 5.91 Å². The summed E-state index contributed by atoms with van der Waals surface area (Å²) in [6.07, 6.45) is 0.978. The molecule has 0 radical (unpaired) electrons. The van der Waals surface area contributed by atoms with Crippen molar-refractivity contribution in [3.63, 3.8) is 0 Å². The molecule has 0 saturated heterocycles. The molecule has 19 heavy (non-hydrogen) atoms. The normalized spacial score (nSPS) is 10.2. The molecule has 0 saturated carbocycles. The van der Waals surface area contributed by atoms with Gasteiger partial charge in [-0.05, 0) is 35.6 Å². The fourth-order valence-corrected chi connectivity index (χ4v) is 2.59. The van der Waals surface area contributed by atoms with Gasteiger partial charge in [-0.1, -0.05) is 6.92 Å². The van der Waals surface area contributed by atoms with E-state index in [1.807, 2.05) is 5.38 Å². The molecule has 0 atom stereocenters. The minimum Gasteiger partial charge on any atom is -0.372 e. The monoisotopic (exact) mass is 276 g/mol. The largest absolute Gasteiger partial charge is 0.372 e. The van der Waals surface area contributed by atoms with Crippen LogP contribution in [0, 0.1) is 0 Å². The second-order valence-electron chi connectivity index (χ2n) is 3.96. The van der Waals surface area contributed by atoms with E-state index in [1.54, 1.807) is 30.5 Å². The predicted octanol–water partition coefficient (Wildman–Crippen LogP) is 2.07. The number of hydrogen-bond acceptors (Lipinski definition) is 5. The molecule has 0 unspecified atom stereocenters. The summed E-state index contributed by atoms with van der Waals surface area (Å²) < 4.78 is 0. The second-order valence-corrected chi connectivity index (χ2v) is 4.96. The third kappa shape index (κ3) is 3.29. The number of anilines is 1. The fraction of sp³-hybridized carbons (Fsp3) is 0.308. The van der Waals surface area contributed by atoms with Gasteiger partial charge in [0.25, 0.3) is 5.91 Å². The Hall–Kier alpha value is -1.95. The number of rotatable bonds is 5. The predicted molar refractivity (Wildman–Crippen MR) is 76.4 cm³/mol. The van der Waals surface area contributed by atoms with Crippen molar-refractivity contribution in [1.82, 2.24) is 15.5 Å². The molecule has 6 heteroatoms. The molecule has 2 heterocycles. The van der Waals surface area contributed by atoms with E-state index in [1.165, 1.54) is 10.4 Å². The average molecular weight is 276 g/mol. The Balaban J connectivity index is 1.97. The van der Waals surface area contributed by atoms with Crippen molar-refractivity contribution in [3.05, 3.63) is 39.7 Å². The smallest absolute Gasteiger partial charge is 0.272 e. The number of nitrogens with one attached hydrogen (secondary N) is 2. The molecular weight excluding hydrogens is 260 g/mol. The highest BCUT2D eigenvalue weighted by molar-refractivity contribution is 7.10. The highest BCUT2D eigenvalue weighted by atomic mass is 32.1. The average Bonchev–Trinajstić information content (AvgIpc) is 2.92. The van der Waals surface area contributed by atoms with Gasteiger partial charge < -0.3 is 10.6 Å². The summed E-state index contributed by atoms with van der Waals surface area (Å²) in [7, 11) is 1.76. The van der Waals surface area contributed by atoms with Gasteiger partial charge in [0.1, 0.15) is 5.82 Å². The van der Waals surface area contributed by atoms with Gasteiger partial charge in [-0.2, -0.15) is 0 Å². The lowest BCUT2D eigenvalue weighted by Gasteiger charge is -2.05. The number of hydrogen-bond donors (Lipinski definition) is 2. The zero-order valence-corrected chi connectivity index (χ0v) is 11.8. The molecule has 0 spiro atoms. The molecule has 0 fully saturated rings. The number of aryl methyl sites for hydroxylation is 1. The molecule has 2 N–H and O–H groups in total. The summed E-state index contributed by atoms with van der Waals surface area (Å²) in [5.74, 6) is 0.439. The Bertz CT molecular complexity index is 550. The van der Waals surface area contributed by atoms with E-state index < -0.39 is 0 Å². The van der Waals surface area contributed by atoms with Gasteiger partial charge in [0.2, 0.25) is 0 Å². The molecule has 5 nitrogen and oxygen atoms in total. The zero-order chi connectivity index (χ0) is 13.7. The van der Waals surface area contributed by atoms with E-state index in [0.717, 1.165) is 6.42 Å². The van der Waals surface area contributed by atoms with Crippen molar-refractivity contribution < 1.29 is 4.79 Å². The van der Waals surface area contributed by atoms with Gasteiger partial charge in [-0.3, -0.25) is 4.79 Å². The van der Waals surface area contributed by atoms with E-state index in [9.17, 15) is 4.79 Å². The van der Waals surface area contributed by atoms with Crippen molar-refractivity contribution in [3.8, 4) is 0 Å². The molecular formula is C13H16N4OS. The van der Waals surface area contributed by atoms with Crippen molar-refractivity contribution in [2.24, 2.45) is 0 Å². The van der Waals surface area contributed by atoms with Crippen molar-refractivity contribution in [1.29, 1.82) is 0 Å². The number of nitrogens with zero attached hydrogens (tertiary/aromatic N) is 2. The molecule has 0 aromatic carbocycles. The molecule has 2 aromatic heterocycles. The highest BCUT2D eigenvalue weighted by Gasteiger charge is 2.09. The first-order chi connectivity index (χ1) is 9.24. The molecule has 0 aliphatic heterocycles. The quantitative estimate of drug-likeness (QED) is 0.877. The highest BCUT2D eigenvalue weighted by Crippen LogP contribution is 2.17. The second kappa shape index (κ2) is 6.29. The van der Waals surface area contributed by atoms with Gasteiger partial charge in [0.15, 0.2) is 5.69 Å². The lowest BCUT2D eigenvalue weighted by Crippen LogP contribution is -2.24. The fourth-order valence-electron chi connectivity index (χ4n) is 1.67. The molecule has 0 aliphatic carbocycles. The molecule has 2 rings (SSSR count).